The van der Waals surface area contributed by atoms with Crippen molar-refractivity contribution >= 4 is 40.4 Å². The number of hydrogen-bond donors (Lipinski definition) is 2. The highest BCUT2D eigenvalue weighted by molar-refractivity contribution is 9.10. The zero-order valence-corrected chi connectivity index (χ0v) is 27.4. The number of carboxylic acids is 2. The van der Waals surface area contributed by atoms with Crippen molar-refractivity contribution in [3.05, 3.63) is 76.8 Å². The van der Waals surface area contributed by atoms with Gasteiger partial charge in [-0.05, 0) is 80.0 Å². The topological polar surface area (TPSA) is 147 Å². The quantitative estimate of drug-likeness (QED) is 0.277. The molecule has 3 heterocycles. The van der Waals surface area contributed by atoms with Crippen LogP contribution in [0, 0.1) is 0 Å². The number of aromatic carboxylic acids is 2. The Labute approximate surface area is 264 Å². The molecule has 0 bridgehead atoms. The van der Waals surface area contributed by atoms with Gasteiger partial charge < -0.3 is 29.0 Å². The van der Waals surface area contributed by atoms with Crippen molar-refractivity contribution in [3.63, 3.8) is 0 Å². The second-order valence-corrected chi connectivity index (χ2v) is 11.7. The molecule has 5 rings (SSSR count). The Balaban J connectivity index is 0.000000183. The van der Waals surface area contributed by atoms with Crippen LogP contribution in [0.4, 0.5) is 0 Å². The fourth-order valence-electron chi connectivity index (χ4n) is 3.96. The minimum Gasteiger partial charge on any atom is -0.496 e. The molecule has 14 heteroatoms. The average Bonchev–Trinajstić information content (AvgIpc) is 3.65. The van der Waals surface area contributed by atoms with Crippen LogP contribution < -0.4 is 14.9 Å². The molecule has 1 fully saturated rings. The molecule has 2 N–H and O–H groups in total. The minimum absolute atomic E-state index is 0.203. The van der Waals surface area contributed by atoms with E-state index in [0.717, 1.165) is 21.1 Å². The number of carbonyl (C=O) groups is 2. The second-order valence-electron chi connectivity index (χ2n) is 10.8. The Morgan fingerprint density at radius 3 is 1.77 bits per heavy atom. The Hall–Kier alpha value is -4.14. The van der Waals surface area contributed by atoms with E-state index in [4.69, 9.17) is 29.0 Å². The van der Waals surface area contributed by atoms with Crippen molar-refractivity contribution in [2.45, 2.75) is 38.9 Å². The first-order valence-electron chi connectivity index (χ1n) is 13.4. The number of benzene rings is 2. The van der Waals surface area contributed by atoms with Crippen LogP contribution in [0.3, 0.4) is 0 Å². The fraction of sp³-hybridized carbons (Fsp3) is 0.333. The third-order valence-electron chi connectivity index (χ3n) is 7.11. The molecular weight excluding hydrogens is 635 g/mol. The zero-order chi connectivity index (χ0) is 32.8. The molecule has 1 saturated heterocycles. The lowest BCUT2D eigenvalue weighted by atomic mass is 9.82. The number of aryl methyl sites for hydroxylation is 2. The van der Waals surface area contributed by atoms with Gasteiger partial charge in [0.2, 0.25) is 0 Å². The van der Waals surface area contributed by atoms with Gasteiger partial charge in [0.15, 0.2) is 0 Å². The molecule has 0 unspecified atom stereocenters. The number of rotatable bonds is 6. The van der Waals surface area contributed by atoms with Crippen molar-refractivity contribution in [2.75, 3.05) is 14.2 Å². The second kappa shape index (κ2) is 14.1. The van der Waals surface area contributed by atoms with Crippen LogP contribution in [0.1, 0.15) is 48.4 Å². The summed E-state index contributed by atoms with van der Waals surface area (Å²) in [6, 6.07) is 9.39. The lowest BCUT2D eigenvalue weighted by molar-refractivity contribution is 0.00578. The van der Waals surface area contributed by atoms with E-state index in [1.54, 1.807) is 40.0 Å². The van der Waals surface area contributed by atoms with Gasteiger partial charge in [-0.25, -0.2) is 9.59 Å². The molecule has 2 aromatic carbocycles. The monoisotopic (exact) mass is 670 g/mol. The van der Waals surface area contributed by atoms with Crippen molar-refractivity contribution in [1.29, 1.82) is 0 Å². The first kappa shape index (κ1) is 34.4. The summed E-state index contributed by atoms with van der Waals surface area (Å²) in [4.78, 5) is 21.4. The van der Waals surface area contributed by atoms with Gasteiger partial charge in [-0.3, -0.25) is 9.36 Å². The molecular formula is C30H36BBrN4O8. The molecule has 1 aliphatic heterocycles. The molecule has 2 aromatic heterocycles. The molecule has 0 spiro atoms. The summed E-state index contributed by atoms with van der Waals surface area (Å²) in [5.41, 5.74) is 2.54. The van der Waals surface area contributed by atoms with Crippen LogP contribution in [0.2, 0.25) is 0 Å². The summed E-state index contributed by atoms with van der Waals surface area (Å²) in [6.07, 6.45) is 7.25. The summed E-state index contributed by atoms with van der Waals surface area (Å²) < 4.78 is 26.1. The number of aromatic nitrogens is 4. The number of carboxylic acid groups (broad SMARTS) is 2. The van der Waals surface area contributed by atoms with E-state index in [9.17, 15) is 9.59 Å². The molecule has 0 aliphatic carbocycles. The van der Waals surface area contributed by atoms with Crippen LogP contribution in [-0.4, -0.2) is 74.3 Å². The van der Waals surface area contributed by atoms with E-state index in [0.29, 0.717) is 11.5 Å². The Morgan fingerprint density at radius 2 is 1.32 bits per heavy atom. The summed E-state index contributed by atoms with van der Waals surface area (Å²) in [7, 11) is 6.41. The molecule has 0 saturated carbocycles. The van der Waals surface area contributed by atoms with Crippen LogP contribution in [0.25, 0.3) is 11.1 Å². The third-order valence-corrected chi connectivity index (χ3v) is 7.77. The van der Waals surface area contributed by atoms with Crippen molar-refractivity contribution in [1.82, 2.24) is 19.6 Å². The summed E-state index contributed by atoms with van der Waals surface area (Å²) in [5.74, 6) is -0.880. The highest BCUT2D eigenvalue weighted by Crippen LogP contribution is 2.36. The predicted molar refractivity (Wildman–Crippen MR) is 169 cm³/mol. The van der Waals surface area contributed by atoms with Gasteiger partial charge >= 0.3 is 19.1 Å². The van der Waals surface area contributed by atoms with E-state index in [-0.39, 0.29) is 29.4 Å². The maximum atomic E-state index is 10.8. The molecule has 0 amide bonds. The van der Waals surface area contributed by atoms with Gasteiger partial charge in [-0.2, -0.15) is 10.2 Å². The summed E-state index contributed by atoms with van der Waals surface area (Å²) in [5, 5.41) is 25.7. The van der Waals surface area contributed by atoms with Gasteiger partial charge in [0, 0.05) is 49.3 Å². The van der Waals surface area contributed by atoms with Gasteiger partial charge in [0.05, 0.1) is 47.2 Å². The van der Waals surface area contributed by atoms with Crippen molar-refractivity contribution in [2.24, 2.45) is 14.1 Å². The third kappa shape index (κ3) is 8.27. The van der Waals surface area contributed by atoms with Crippen LogP contribution >= 0.6 is 15.9 Å². The normalized spacial score (nSPS) is 14.5. The number of ether oxygens (including phenoxy) is 2. The van der Waals surface area contributed by atoms with E-state index < -0.39 is 11.9 Å². The summed E-state index contributed by atoms with van der Waals surface area (Å²) in [6.45, 7) is 8.18. The Morgan fingerprint density at radius 1 is 0.818 bits per heavy atom. The summed E-state index contributed by atoms with van der Waals surface area (Å²) >= 11 is 3.22. The van der Waals surface area contributed by atoms with E-state index >= 15 is 0 Å². The van der Waals surface area contributed by atoms with Gasteiger partial charge in [0.1, 0.15) is 11.5 Å². The average molecular weight is 671 g/mol. The molecule has 1 aliphatic rings. The molecule has 12 nitrogen and oxygen atoms in total. The van der Waals surface area contributed by atoms with Gasteiger partial charge in [-0.15, -0.1) is 0 Å². The smallest absolute Gasteiger partial charge is 0.496 e. The van der Waals surface area contributed by atoms with Crippen molar-refractivity contribution in [3.8, 4) is 22.6 Å². The molecule has 4 aromatic rings. The number of nitrogens with zero attached hydrogens (tertiary/aromatic N) is 4. The van der Waals surface area contributed by atoms with Gasteiger partial charge in [-0.1, -0.05) is 0 Å². The lowest BCUT2D eigenvalue weighted by Crippen LogP contribution is -2.41. The minimum atomic E-state index is -0.971. The maximum absolute atomic E-state index is 10.8. The van der Waals surface area contributed by atoms with Crippen LogP contribution in [0.15, 0.2) is 65.7 Å². The first-order valence-corrected chi connectivity index (χ1v) is 14.2. The van der Waals surface area contributed by atoms with Crippen LogP contribution in [0.5, 0.6) is 11.5 Å². The van der Waals surface area contributed by atoms with Crippen molar-refractivity contribution < 1.29 is 38.6 Å². The van der Waals surface area contributed by atoms with Crippen LogP contribution in [-0.2, 0) is 23.4 Å². The number of methoxy groups -OCH3 is 2. The standard InChI is InChI=1S/C12H12N2O3.C10H17BN2O2.C8H7BrO3/c1-14-7-9(6-13-14)10-4-3-8(12(15)16)5-11(10)17-2;1-9(2)10(3,4)15-11(14-9)8-6-12-13(5)7-8;1-12-7-4-5(8(10)11)2-3-6(7)9/h3-7H,1-2H3,(H,15,16);6-7H,1-5H3;2-4H,1H3,(H,10,11). The first-order chi connectivity index (χ1) is 20.6. The molecule has 234 valence electrons. The number of halogens is 1. The highest BCUT2D eigenvalue weighted by Gasteiger charge is 2.52. The lowest BCUT2D eigenvalue weighted by Gasteiger charge is -2.32. The molecule has 44 heavy (non-hydrogen) atoms. The molecule has 0 atom stereocenters. The largest absolute Gasteiger partial charge is 0.498 e. The fourth-order valence-corrected chi connectivity index (χ4v) is 4.37. The highest BCUT2D eigenvalue weighted by atomic mass is 79.9. The number of hydrogen-bond acceptors (Lipinski definition) is 8. The van der Waals surface area contributed by atoms with E-state index in [2.05, 4.69) is 26.1 Å². The van der Waals surface area contributed by atoms with E-state index in [1.165, 1.54) is 32.4 Å². The zero-order valence-electron chi connectivity index (χ0n) is 25.9. The molecule has 0 radical (unpaired) electrons. The predicted octanol–water partition coefficient (Wildman–Crippen LogP) is 4.67. The van der Waals surface area contributed by atoms with E-state index in [1.807, 2.05) is 54.2 Å². The Kier molecular flexibility index (Phi) is 11.0. The SMILES string of the molecule is COc1cc(C(=O)O)ccc1-c1cnn(C)c1.COc1cc(C(=O)O)ccc1Br.Cn1cc(B2OC(C)(C)C(C)(C)O2)cn1. The Bertz CT molecular complexity index is 1600. The van der Waals surface area contributed by atoms with Gasteiger partial charge in [0.25, 0.3) is 0 Å². The maximum Gasteiger partial charge on any atom is 0.498 e.